The molecule has 1 aliphatic heterocycles. The molecule has 11 nitrogen and oxygen atoms in total. The van der Waals surface area contributed by atoms with Gasteiger partial charge in [0.1, 0.15) is 22.8 Å². The highest BCUT2D eigenvalue weighted by atomic mass is 35.5. The number of aromatic nitrogens is 5. The van der Waals surface area contributed by atoms with E-state index in [1.165, 1.54) is 12.4 Å². The summed E-state index contributed by atoms with van der Waals surface area (Å²) in [5.41, 5.74) is 2.81. The first kappa shape index (κ1) is 22.8. The number of nitrogens with one attached hydrogen (secondary N) is 3. The minimum Gasteiger partial charge on any atom is -0.507 e. The number of anilines is 2. The normalized spacial score (nSPS) is 14.8. The Morgan fingerprint density at radius 3 is 2.92 bits per heavy atom. The Balaban J connectivity index is 1.36. The van der Waals surface area contributed by atoms with Gasteiger partial charge in [-0.2, -0.15) is 0 Å². The lowest BCUT2D eigenvalue weighted by Crippen LogP contribution is -2.30. The van der Waals surface area contributed by atoms with Gasteiger partial charge in [0.2, 0.25) is 0 Å². The van der Waals surface area contributed by atoms with Crippen molar-refractivity contribution >= 4 is 56.6 Å². The number of aromatic amines is 2. The first-order chi connectivity index (χ1) is 18.0. The summed E-state index contributed by atoms with van der Waals surface area (Å²) in [7, 11) is 1.57. The third-order valence-electron chi connectivity index (χ3n) is 6.48. The topological polar surface area (TPSA) is 149 Å². The molecule has 186 valence electrons. The number of aromatic hydroxyl groups is 1. The van der Waals surface area contributed by atoms with E-state index in [1.807, 2.05) is 12.1 Å². The first-order valence-corrected chi connectivity index (χ1v) is 11.9. The maximum atomic E-state index is 13.7. The lowest BCUT2D eigenvalue weighted by atomic mass is 9.94. The standard InChI is InChI=1S/C25H20ClN7O4/c1-37-20-4-2-3-15-19(34)7-18-21(22(15)20)13(8-26)11-33(18)25(36)16-6-12-5-14(9-27-23(12)30-16)29-24(35)17-10-28-32-31-17/h2-7,9-10,13,34H,8,11H2,1H3,(H,27,30)(H,29,35)(H,28,31,32)/t13-/m1/s1. The number of carbonyl (C=O) groups is 2. The van der Waals surface area contributed by atoms with Crippen LogP contribution in [0.4, 0.5) is 11.4 Å². The Labute approximate surface area is 214 Å². The van der Waals surface area contributed by atoms with Gasteiger partial charge in [-0.25, -0.2) is 4.98 Å². The minimum atomic E-state index is -0.440. The lowest BCUT2D eigenvalue weighted by molar-refractivity contribution is 0.0982. The number of methoxy groups -OCH3 is 1. The van der Waals surface area contributed by atoms with Gasteiger partial charge in [-0.05, 0) is 23.8 Å². The van der Waals surface area contributed by atoms with Crippen molar-refractivity contribution in [2.75, 3.05) is 29.8 Å². The van der Waals surface area contributed by atoms with Crippen molar-refractivity contribution in [1.29, 1.82) is 0 Å². The number of hydrogen-bond donors (Lipinski definition) is 4. The summed E-state index contributed by atoms with van der Waals surface area (Å²) in [5.74, 6) is 0.0486. The molecule has 2 aromatic carbocycles. The Kier molecular flexibility index (Phi) is 5.41. The molecule has 2 amide bonds. The highest BCUT2D eigenvalue weighted by molar-refractivity contribution is 6.19. The number of H-pyrrole nitrogens is 2. The fourth-order valence-corrected chi connectivity index (χ4v) is 5.07. The zero-order valence-corrected chi connectivity index (χ0v) is 20.2. The van der Waals surface area contributed by atoms with Gasteiger partial charge < -0.3 is 25.0 Å². The van der Waals surface area contributed by atoms with Gasteiger partial charge in [0.25, 0.3) is 11.8 Å². The first-order valence-electron chi connectivity index (χ1n) is 11.4. The van der Waals surface area contributed by atoms with Crippen LogP contribution in [0.5, 0.6) is 11.5 Å². The van der Waals surface area contributed by atoms with Gasteiger partial charge in [0.15, 0.2) is 5.69 Å². The van der Waals surface area contributed by atoms with Crippen molar-refractivity contribution in [2.24, 2.45) is 0 Å². The third-order valence-corrected chi connectivity index (χ3v) is 6.85. The number of pyridine rings is 1. The lowest BCUT2D eigenvalue weighted by Gasteiger charge is -2.18. The van der Waals surface area contributed by atoms with E-state index < -0.39 is 5.91 Å². The smallest absolute Gasteiger partial charge is 0.277 e. The molecule has 5 aromatic rings. The second kappa shape index (κ2) is 8.79. The number of nitrogens with zero attached hydrogens (tertiary/aromatic N) is 4. The third kappa shape index (κ3) is 3.71. The summed E-state index contributed by atoms with van der Waals surface area (Å²) in [4.78, 5) is 34.9. The summed E-state index contributed by atoms with van der Waals surface area (Å²) < 4.78 is 5.57. The van der Waals surface area contributed by atoms with Crippen molar-refractivity contribution in [3.63, 3.8) is 0 Å². The number of ether oxygens (including phenoxy) is 1. The number of benzene rings is 2. The van der Waals surface area contributed by atoms with Crippen molar-refractivity contribution in [1.82, 2.24) is 25.4 Å². The Morgan fingerprint density at radius 2 is 2.16 bits per heavy atom. The molecule has 0 radical (unpaired) electrons. The van der Waals surface area contributed by atoms with Crippen molar-refractivity contribution in [3.05, 3.63) is 65.7 Å². The van der Waals surface area contributed by atoms with Crippen molar-refractivity contribution < 1.29 is 19.4 Å². The molecular weight excluding hydrogens is 498 g/mol. The van der Waals surface area contributed by atoms with Gasteiger partial charge >= 0.3 is 0 Å². The minimum absolute atomic E-state index is 0.0477. The van der Waals surface area contributed by atoms with Crippen LogP contribution in [0.15, 0.2) is 48.8 Å². The van der Waals surface area contributed by atoms with E-state index in [-0.39, 0.29) is 29.1 Å². The number of hydrogen-bond acceptors (Lipinski definition) is 7. The molecule has 1 atom stereocenters. The molecule has 0 unspecified atom stereocenters. The Bertz CT molecular complexity index is 1680. The number of halogens is 1. The van der Waals surface area contributed by atoms with E-state index in [0.717, 1.165) is 10.9 Å². The quantitative estimate of drug-likeness (QED) is 0.259. The van der Waals surface area contributed by atoms with Crippen LogP contribution >= 0.6 is 11.6 Å². The summed E-state index contributed by atoms with van der Waals surface area (Å²) in [6.07, 6.45) is 2.86. The molecule has 37 heavy (non-hydrogen) atoms. The number of phenols is 1. The SMILES string of the molecule is COc1cccc2c(O)cc3c(c12)[C@H](CCl)CN3C(=O)c1cc2cc(NC(=O)c3c[nH]nn3)cnc2[nH]1. The molecule has 4 N–H and O–H groups in total. The van der Waals surface area contributed by atoms with E-state index >= 15 is 0 Å². The molecule has 3 aromatic heterocycles. The summed E-state index contributed by atoms with van der Waals surface area (Å²) >= 11 is 6.34. The van der Waals surface area contributed by atoms with Gasteiger partial charge in [0.05, 0.1) is 30.9 Å². The zero-order valence-electron chi connectivity index (χ0n) is 19.4. The van der Waals surface area contributed by atoms with Gasteiger partial charge in [-0.3, -0.25) is 14.7 Å². The van der Waals surface area contributed by atoms with E-state index in [1.54, 1.807) is 36.3 Å². The molecule has 1 aliphatic rings. The van der Waals surface area contributed by atoms with Crippen LogP contribution in [-0.2, 0) is 0 Å². The van der Waals surface area contributed by atoms with Crippen LogP contribution in [0.25, 0.3) is 21.8 Å². The van der Waals surface area contributed by atoms with Crippen molar-refractivity contribution in [2.45, 2.75) is 5.92 Å². The predicted octanol–water partition coefficient (Wildman–Crippen LogP) is 3.78. The van der Waals surface area contributed by atoms with E-state index in [9.17, 15) is 14.7 Å². The number of phenolic OH excluding ortho intramolecular Hbond substituents is 1. The molecule has 6 rings (SSSR count). The van der Waals surface area contributed by atoms with Crippen LogP contribution in [0.3, 0.4) is 0 Å². The second-order valence-corrected chi connectivity index (χ2v) is 8.94. The molecule has 0 aliphatic carbocycles. The highest BCUT2D eigenvalue weighted by Gasteiger charge is 2.36. The summed E-state index contributed by atoms with van der Waals surface area (Å²) in [6, 6.07) is 10.4. The van der Waals surface area contributed by atoms with Crippen LogP contribution in [0, 0.1) is 0 Å². The fourth-order valence-electron chi connectivity index (χ4n) is 4.82. The fraction of sp³-hybridized carbons (Fsp3) is 0.160. The van der Waals surface area contributed by atoms with Crippen molar-refractivity contribution in [3.8, 4) is 11.5 Å². The number of rotatable bonds is 5. The monoisotopic (exact) mass is 517 g/mol. The molecule has 4 heterocycles. The molecule has 12 heteroatoms. The zero-order chi connectivity index (χ0) is 25.7. The van der Waals surface area contributed by atoms with E-state index in [2.05, 4.69) is 30.7 Å². The second-order valence-electron chi connectivity index (χ2n) is 8.64. The number of alkyl halides is 1. The average Bonchev–Trinajstić information content (AvgIpc) is 3.66. The number of amides is 2. The highest BCUT2D eigenvalue weighted by Crippen LogP contribution is 2.48. The number of fused-ring (bicyclic) bond motifs is 4. The molecule has 0 fully saturated rings. The maximum Gasteiger partial charge on any atom is 0.277 e. The average molecular weight is 518 g/mol. The Morgan fingerprint density at radius 1 is 1.30 bits per heavy atom. The molecule has 0 spiro atoms. The van der Waals surface area contributed by atoms with Crippen LogP contribution in [0.1, 0.15) is 32.5 Å². The van der Waals surface area contributed by atoms with Crippen LogP contribution in [0.2, 0.25) is 0 Å². The number of carbonyl (C=O) groups excluding carboxylic acids is 2. The molecule has 0 saturated heterocycles. The van der Waals surface area contributed by atoms with E-state index in [4.69, 9.17) is 16.3 Å². The summed E-state index contributed by atoms with van der Waals surface area (Å²) in [6.45, 7) is 0.343. The van der Waals surface area contributed by atoms with Gasteiger partial charge in [-0.15, -0.1) is 16.7 Å². The van der Waals surface area contributed by atoms with Crippen LogP contribution < -0.4 is 15.0 Å². The van der Waals surface area contributed by atoms with Gasteiger partial charge in [-0.1, -0.05) is 17.3 Å². The molecule has 0 saturated carbocycles. The predicted molar refractivity (Wildman–Crippen MR) is 138 cm³/mol. The largest absolute Gasteiger partial charge is 0.507 e. The van der Waals surface area contributed by atoms with Crippen LogP contribution in [-0.4, -0.2) is 61.8 Å². The van der Waals surface area contributed by atoms with Gasteiger partial charge in [0, 0.05) is 40.6 Å². The Hall–Kier alpha value is -4.64. The molecular formula is C25H20ClN7O4. The van der Waals surface area contributed by atoms with E-state index in [0.29, 0.717) is 45.8 Å². The maximum absolute atomic E-state index is 13.7. The summed E-state index contributed by atoms with van der Waals surface area (Å²) in [5, 5.41) is 25.2. The molecule has 0 bridgehead atoms.